The third kappa shape index (κ3) is 4.39. The quantitative estimate of drug-likeness (QED) is 0.833. The third-order valence-corrected chi connectivity index (χ3v) is 3.49. The van der Waals surface area contributed by atoms with Crippen molar-refractivity contribution in [1.29, 1.82) is 0 Å². The molecule has 0 aliphatic rings. The summed E-state index contributed by atoms with van der Waals surface area (Å²) in [5.74, 6) is -0.911. The predicted molar refractivity (Wildman–Crippen MR) is 88.3 cm³/mol. The molecule has 0 radical (unpaired) electrons. The van der Waals surface area contributed by atoms with Crippen LogP contribution in [-0.2, 0) is 22.4 Å². The number of nitrogens with one attached hydrogen (secondary N) is 1. The number of hydrogen-bond acceptors (Lipinski definition) is 4. The number of aryl methyl sites for hydroxylation is 2. The highest BCUT2D eigenvalue weighted by Crippen LogP contribution is 2.22. The zero-order chi connectivity index (χ0) is 16.7. The first kappa shape index (κ1) is 16.7. The van der Waals surface area contributed by atoms with Crippen molar-refractivity contribution >= 4 is 17.6 Å². The van der Waals surface area contributed by atoms with Gasteiger partial charge < -0.3 is 10.1 Å². The molecule has 1 amide bonds. The van der Waals surface area contributed by atoms with Gasteiger partial charge in [-0.2, -0.15) is 0 Å². The second kappa shape index (κ2) is 8.08. The van der Waals surface area contributed by atoms with Crippen molar-refractivity contribution in [2.45, 2.75) is 26.7 Å². The van der Waals surface area contributed by atoms with Gasteiger partial charge in [0.15, 0.2) is 6.61 Å². The van der Waals surface area contributed by atoms with Crippen LogP contribution in [0.15, 0.2) is 42.7 Å². The molecule has 1 aromatic carbocycles. The van der Waals surface area contributed by atoms with Gasteiger partial charge in [0.25, 0.3) is 5.91 Å². The minimum absolute atomic E-state index is 0.323. The number of rotatable bonds is 6. The van der Waals surface area contributed by atoms with Crippen molar-refractivity contribution in [3.8, 4) is 0 Å². The van der Waals surface area contributed by atoms with Gasteiger partial charge in [-0.05, 0) is 36.1 Å². The molecule has 1 N–H and O–H groups in total. The van der Waals surface area contributed by atoms with E-state index >= 15 is 0 Å². The van der Waals surface area contributed by atoms with E-state index in [1.54, 1.807) is 18.3 Å². The fourth-order valence-electron chi connectivity index (χ4n) is 2.28. The lowest BCUT2D eigenvalue weighted by atomic mass is 10.0. The molecule has 120 valence electrons. The molecule has 0 unspecified atom stereocenters. The van der Waals surface area contributed by atoms with Crippen LogP contribution in [0.1, 0.15) is 35.3 Å². The number of pyridine rings is 1. The van der Waals surface area contributed by atoms with Gasteiger partial charge in [0.2, 0.25) is 0 Å². The largest absolute Gasteiger partial charge is 0.452 e. The van der Waals surface area contributed by atoms with E-state index in [0.29, 0.717) is 5.56 Å². The summed E-state index contributed by atoms with van der Waals surface area (Å²) in [4.78, 5) is 27.7. The Bertz CT molecular complexity index is 662. The number of hydrogen-bond donors (Lipinski definition) is 1. The normalized spacial score (nSPS) is 10.2. The van der Waals surface area contributed by atoms with E-state index in [9.17, 15) is 9.59 Å². The second-order valence-corrected chi connectivity index (χ2v) is 5.02. The van der Waals surface area contributed by atoms with Gasteiger partial charge in [-0.3, -0.25) is 9.78 Å². The monoisotopic (exact) mass is 312 g/mol. The molecule has 0 spiro atoms. The molecule has 0 bridgehead atoms. The SMILES string of the molecule is CCc1cccc(CC)c1NC(=O)COC(=O)c1cccnc1. The van der Waals surface area contributed by atoms with Crippen molar-refractivity contribution in [1.82, 2.24) is 4.98 Å². The predicted octanol–water partition coefficient (Wildman–Crippen LogP) is 3.00. The first-order valence-electron chi connectivity index (χ1n) is 7.63. The molecule has 0 atom stereocenters. The van der Waals surface area contributed by atoms with Gasteiger partial charge in [0.1, 0.15) is 0 Å². The lowest BCUT2D eigenvalue weighted by molar-refractivity contribution is -0.119. The minimum Gasteiger partial charge on any atom is -0.452 e. The molecular weight excluding hydrogens is 292 g/mol. The lowest BCUT2D eigenvalue weighted by Gasteiger charge is -2.14. The zero-order valence-corrected chi connectivity index (χ0v) is 13.3. The van der Waals surface area contributed by atoms with Gasteiger partial charge in [-0.25, -0.2) is 4.79 Å². The van der Waals surface area contributed by atoms with Gasteiger partial charge in [-0.1, -0.05) is 32.0 Å². The maximum absolute atomic E-state index is 12.1. The van der Waals surface area contributed by atoms with Crippen LogP contribution in [0.5, 0.6) is 0 Å². The van der Waals surface area contributed by atoms with Crippen LogP contribution in [0.2, 0.25) is 0 Å². The Labute approximate surface area is 135 Å². The van der Waals surface area contributed by atoms with Crippen molar-refractivity contribution in [2.24, 2.45) is 0 Å². The first-order chi connectivity index (χ1) is 11.2. The van der Waals surface area contributed by atoms with E-state index in [4.69, 9.17) is 4.74 Å². The average molecular weight is 312 g/mol. The second-order valence-electron chi connectivity index (χ2n) is 5.02. The molecular formula is C18H20N2O3. The Kier molecular flexibility index (Phi) is 5.86. The third-order valence-electron chi connectivity index (χ3n) is 3.49. The van der Waals surface area contributed by atoms with Crippen molar-refractivity contribution in [3.05, 3.63) is 59.4 Å². The van der Waals surface area contributed by atoms with Gasteiger partial charge in [-0.15, -0.1) is 0 Å². The summed E-state index contributed by atoms with van der Waals surface area (Å²) in [5.41, 5.74) is 3.27. The van der Waals surface area contributed by atoms with E-state index in [2.05, 4.69) is 10.3 Å². The maximum Gasteiger partial charge on any atom is 0.340 e. The highest BCUT2D eigenvalue weighted by atomic mass is 16.5. The summed E-state index contributed by atoms with van der Waals surface area (Å²) in [6.45, 7) is 3.74. The number of para-hydroxylation sites is 1. The summed E-state index contributed by atoms with van der Waals surface area (Å²) >= 11 is 0. The lowest BCUT2D eigenvalue weighted by Crippen LogP contribution is -2.22. The Morgan fingerprint density at radius 1 is 1.09 bits per heavy atom. The molecule has 2 aromatic rings. The van der Waals surface area contributed by atoms with Gasteiger partial charge in [0.05, 0.1) is 5.56 Å². The van der Waals surface area contributed by atoms with Crippen LogP contribution in [-0.4, -0.2) is 23.5 Å². The van der Waals surface area contributed by atoms with Gasteiger partial charge in [0, 0.05) is 18.1 Å². The number of ether oxygens (including phenoxy) is 1. The van der Waals surface area contributed by atoms with Crippen LogP contribution in [0.3, 0.4) is 0 Å². The number of esters is 1. The van der Waals surface area contributed by atoms with E-state index < -0.39 is 5.97 Å². The fourth-order valence-corrected chi connectivity index (χ4v) is 2.28. The number of anilines is 1. The molecule has 0 saturated heterocycles. The van der Waals surface area contributed by atoms with E-state index in [-0.39, 0.29) is 12.5 Å². The Morgan fingerprint density at radius 3 is 2.35 bits per heavy atom. The van der Waals surface area contributed by atoms with Crippen molar-refractivity contribution in [3.63, 3.8) is 0 Å². The van der Waals surface area contributed by atoms with Crippen molar-refractivity contribution < 1.29 is 14.3 Å². The number of benzene rings is 1. The van der Waals surface area contributed by atoms with E-state index in [1.807, 2.05) is 32.0 Å². The number of nitrogens with zero attached hydrogens (tertiary/aromatic N) is 1. The summed E-state index contributed by atoms with van der Waals surface area (Å²) in [6, 6.07) is 9.18. The summed E-state index contributed by atoms with van der Waals surface area (Å²) in [6.07, 6.45) is 4.61. The van der Waals surface area contributed by atoms with Crippen LogP contribution in [0, 0.1) is 0 Å². The Morgan fingerprint density at radius 2 is 1.78 bits per heavy atom. The van der Waals surface area contributed by atoms with Crippen molar-refractivity contribution in [2.75, 3.05) is 11.9 Å². The molecule has 0 fully saturated rings. The van der Waals surface area contributed by atoms with Gasteiger partial charge >= 0.3 is 5.97 Å². The molecule has 1 aromatic heterocycles. The summed E-state index contributed by atoms with van der Waals surface area (Å²) in [7, 11) is 0. The number of carbonyl (C=O) groups excluding carboxylic acids is 2. The number of aromatic nitrogens is 1. The molecule has 0 aliphatic heterocycles. The highest BCUT2D eigenvalue weighted by Gasteiger charge is 2.13. The smallest absolute Gasteiger partial charge is 0.340 e. The van der Waals surface area contributed by atoms with Crippen LogP contribution < -0.4 is 5.32 Å². The van der Waals surface area contributed by atoms with E-state index in [0.717, 1.165) is 29.7 Å². The zero-order valence-electron chi connectivity index (χ0n) is 13.3. The Hall–Kier alpha value is -2.69. The summed E-state index contributed by atoms with van der Waals surface area (Å²) in [5, 5.41) is 2.86. The minimum atomic E-state index is -0.562. The average Bonchev–Trinajstić information content (AvgIpc) is 2.60. The molecule has 1 heterocycles. The van der Waals surface area contributed by atoms with E-state index in [1.165, 1.54) is 6.20 Å². The number of carbonyl (C=O) groups is 2. The highest BCUT2D eigenvalue weighted by molar-refractivity contribution is 5.96. The van der Waals surface area contributed by atoms with Crippen LogP contribution in [0.25, 0.3) is 0 Å². The summed E-state index contributed by atoms with van der Waals surface area (Å²) < 4.78 is 5.02. The molecule has 23 heavy (non-hydrogen) atoms. The molecule has 5 heteroatoms. The molecule has 0 saturated carbocycles. The first-order valence-corrected chi connectivity index (χ1v) is 7.63. The number of amides is 1. The topological polar surface area (TPSA) is 68.3 Å². The standard InChI is InChI=1S/C18H20N2O3/c1-3-13-7-5-8-14(4-2)17(13)20-16(21)12-23-18(22)15-9-6-10-19-11-15/h5-11H,3-4,12H2,1-2H3,(H,20,21). The molecule has 5 nitrogen and oxygen atoms in total. The molecule has 2 rings (SSSR count). The van der Waals surface area contributed by atoms with Crippen LogP contribution in [0.4, 0.5) is 5.69 Å². The van der Waals surface area contributed by atoms with Crippen LogP contribution >= 0.6 is 0 Å². The maximum atomic E-state index is 12.1. The fraction of sp³-hybridized carbons (Fsp3) is 0.278. The molecule has 0 aliphatic carbocycles. The Balaban J connectivity index is 1.99.